The molecule has 1 heterocycles. The van der Waals surface area contributed by atoms with Gasteiger partial charge in [0.1, 0.15) is 12.4 Å². The van der Waals surface area contributed by atoms with E-state index < -0.39 is 0 Å². The minimum Gasteiger partial charge on any atom is -0.487 e. The van der Waals surface area contributed by atoms with Gasteiger partial charge in [0.2, 0.25) is 0 Å². The van der Waals surface area contributed by atoms with Gasteiger partial charge in [-0.1, -0.05) is 35.0 Å². The van der Waals surface area contributed by atoms with E-state index in [1.807, 2.05) is 42.5 Å². The number of aromatic nitrogens is 1. The Hall–Kier alpha value is -1.39. The van der Waals surface area contributed by atoms with Crippen LogP contribution in [0.3, 0.4) is 0 Å². The summed E-state index contributed by atoms with van der Waals surface area (Å²) >= 11 is 3.42. The summed E-state index contributed by atoms with van der Waals surface area (Å²) in [5.41, 5.74) is 1.98. The van der Waals surface area contributed by atoms with Crippen LogP contribution in [0, 0.1) is 0 Å². The van der Waals surface area contributed by atoms with Crippen molar-refractivity contribution in [2.75, 3.05) is 6.54 Å². The van der Waals surface area contributed by atoms with Crippen molar-refractivity contribution < 1.29 is 4.74 Å². The van der Waals surface area contributed by atoms with E-state index in [4.69, 9.17) is 4.74 Å². The lowest BCUT2D eigenvalue weighted by atomic mass is 10.3. The molecule has 0 aliphatic carbocycles. The molecule has 1 aromatic carbocycles. The molecular weight excluding hydrogens is 304 g/mol. The molecule has 0 fully saturated rings. The van der Waals surface area contributed by atoms with Crippen molar-refractivity contribution in [3.63, 3.8) is 0 Å². The van der Waals surface area contributed by atoms with Gasteiger partial charge < -0.3 is 10.1 Å². The van der Waals surface area contributed by atoms with E-state index in [0.717, 1.165) is 34.7 Å². The van der Waals surface area contributed by atoms with Crippen LogP contribution in [0.1, 0.15) is 18.3 Å². The molecular formula is C15H17BrN2O. The third-order valence-corrected chi connectivity index (χ3v) is 3.10. The van der Waals surface area contributed by atoms with Crippen LogP contribution in [0.2, 0.25) is 0 Å². The first-order valence-corrected chi connectivity index (χ1v) is 7.11. The van der Waals surface area contributed by atoms with E-state index in [1.54, 1.807) is 0 Å². The predicted molar refractivity (Wildman–Crippen MR) is 80.1 cm³/mol. The van der Waals surface area contributed by atoms with Crippen molar-refractivity contribution in [3.8, 4) is 5.75 Å². The van der Waals surface area contributed by atoms with E-state index in [-0.39, 0.29) is 0 Å². The maximum atomic E-state index is 5.72. The largest absolute Gasteiger partial charge is 0.487 e. The number of ether oxygens (including phenoxy) is 1. The second-order valence-corrected chi connectivity index (χ2v) is 5.06. The Labute approximate surface area is 122 Å². The molecule has 0 atom stereocenters. The Morgan fingerprint density at radius 2 is 1.95 bits per heavy atom. The van der Waals surface area contributed by atoms with Crippen LogP contribution in [0.4, 0.5) is 0 Å². The highest BCUT2D eigenvalue weighted by atomic mass is 79.9. The monoisotopic (exact) mass is 320 g/mol. The standard InChI is InChI=1S/C15H17BrN2O/c1-2-17-10-13-6-4-7-14(18-13)11-19-15-8-3-5-12(16)9-15/h3-9,17H,2,10-11H2,1H3. The molecule has 0 saturated carbocycles. The first kappa shape index (κ1) is 14.0. The highest BCUT2D eigenvalue weighted by Crippen LogP contribution is 2.18. The summed E-state index contributed by atoms with van der Waals surface area (Å²) in [7, 11) is 0. The van der Waals surface area contributed by atoms with Gasteiger partial charge in [0.15, 0.2) is 0 Å². The quantitative estimate of drug-likeness (QED) is 0.884. The lowest BCUT2D eigenvalue weighted by Gasteiger charge is -2.08. The van der Waals surface area contributed by atoms with Gasteiger partial charge in [-0.15, -0.1) is 0 Å². The number of hydrogen-bond acceptors (Lipinski definition) is 3. The molecule has 2 aromatic rings. The summed E-state index contributed by atoms with van der Waals surface area (Å²) in [4.78, 5) is 4.55. The minimum absolute atomic E-state index is 0.483. The highest BCUT2D eigenvalue weighted by molar-refractivity contribution is 9.10. The highest BCUT2D eigenvalue weighted by Gasteiger charge is 2.00. The summed E-state index contributed by atoms with van der Waals surface area (Å²) in [5.74, 6) is 0.841. The Balaban J connectivity index is 1.95. The fourth-order valence-corrected chi connectivity index (χ4v) is 2.05. The van der Waals surface area contributed by atoms with Crippen LogP contribution in [0.25, 0.3) is 0 Å². The zero-order valence-corrected chi connectivity index (χ0v) is 12.5. The first-order valence-electron chi connectivity index (χ1n) is 6.32. The van der Waals surface area contributed by atoms with E-state index >= 15 is 0 Å². The SMILES string of the molecule is CCNCc1cccc(COc2cccc(Br)c2)n1. The van der Waals surface area contributed by atoms with Gasteiger partial charge in [0.25, 0.3) is 0 Å². The second-order valence-electron chi connectivity index (χ2n) is 4.15. The number of rotatable bonds is 6. The lowest BCUT2D eigenvalue weighted by molar-refractivity contribution is 0.300. The topological polar surface area (TPSA) is 34.1 Å². The summed E-state index contributed by atoms with van der Waals surface area (Å²) in [6, 6.07) is 13.8. The third-order valence-electron chi connectivity index (χ3n) is 2.60. The molecule has 100 valence electrons. The number of halogens is 1. The van der Waals surface area contributed by atoms with Gasteiger partial charge in [-0.05, 0) is 36.9 Å². The molecule has 0 aliphatic rings. The molecule has 0 radical (unpaired) electrons. The molecule has 4 heteroatoms. The van der Waals surface area contributed by atoms with Gasteiger partial charge in [-0.2, -0.15) is 0 Å². The van der Waals surface area contributed by atoms with Crippen molar-refractivity contribution in [1.29, 1.82) is 0 Å². The molecule has 0 saturated heterocycles. The average Bonchev–Trinajstić information content (AvgIpc) is 2.43. The molecule has 2 rings (SSSR count). The van der Waals surface area contributed by atoms with Crippen LogP contribution in [-0.2, 0) is 13.2 Å². The Morgan fingerprint density at radius 3 is 2.74 bits per heavy atom. The molecule has 3 nitrogen and oxygen atoms in total. The van der Waals surface area contributed by atoms with E-state index in [9.17, 15) is 0 Å². The molecule has 0 unspecified atom stereocenters. The van der Waals surface area contributed by atoms with Crippen LogP contribution in [-0.4, -0.2) is 11.5 Å². The van der Waals surface area contributed by atoms with Crippen LogP contribution in [0.15, 0.2) is 46.9 Å². The van der Waals surface area contributed by atoms with Gasteiger partial charge >= 0.3 is 0 Å². The van der Waals surface area contributed by atoms with Crippen LogP contribution < -0.4 is 10.1 Å². The minimum atomic E-state index is 0.483. The number of hydrogen-bond donors (Lipinski definition) is 1. The smallest absolute Gasteiger partial charge is 0.130 e. The van der Waals surface area contributed by atoms with Gasteiger partial charge in [0, 0.05) is 11.0 Å². The maximum Gasteiger partial charge on any atom is 0.130 e. The maximum absolute atomic E-state index is 5.72. The summed E-state index contributed by atoms with van der Waals surface area (Å²) in [6.07, 6.45) is 0. The van der Waals surface area contributed by atoms with Crippen molar-refractivity contribution >= 4 is 15.9 Å². The summed E-state index contributed by atoms with van der Waals surface area (Å²) in [5, 5.41) is 3.26. The van der Waals surface area contributed by atoms with E-state index in [0.29, 0.717) is 6.61 Å². The zero-order chi connectivity index (χ0) is 13.5. The third kappa shape index (κ3) is 4.65. The van der Waals surface area contributed by atoms with Crippen LogP contribution in [0.5, 0.6) is 5.75 Å². The fraction of sp³-hybridized carbons (Fsp3) is 0.267. The number of nitrogens with zero attached hydrogens (tertiary/aromatic N) is 1. The number of benzene rings is 1. The van der Waals surface area contributed by atoms with Crippen molar-refractivity contribution in [3.05, 3.63) is 58.3 Å². The number of nitrogens with one attached hydrogen (secondary N) is 1. The van der Waals surface area contributed by atoms with Gasteiger partial charge in [-0.25, -0.2) is 0 Å². The van der Waals surface area contributed by atoms with Gasteiger partial charge in [0.05, 0.1) is 11.4 Å². The molecule has 1 N–H and O–H groups in total. The van der Waals surface area contributed by atoms with E-state index in [2.05, 4.69) is 33.2 Å². The lowest BCUT2D eigenvalue weighted by Crippen LogP contribution is -2.13. The van der Waals surface area contributed by atoms with Gasteiger partial charge in [-0.3, -0.25) is 4.98 Å². The molecule has 19 heavy (non-hydrogen) atoms. The normalized spacial score (nSPS) is 10.4. The molecule has 0 amide bonds. The van der Waals surface area contributed by atoms with E-state index in [1.165, 1.54) is 0 Å². The Morgan fingerprint density at radius 1 is 1.16 bits per heavy atom. The average molecular weight is 321 g/mol. The summed E-state index contributed by atoms with van der Waals surface area (Å²) < 4.78 is 6.73. The molecule has 1 aromatic heterocycles. The summed E-state index contributed by atoms with van der Waals surface area (Å²) in [6.45, 7) is 4.30. The number of pyridine rings is 1. The Kier molecular flexibility index (Phi) is 5.36. The Bertz CT molecular complexity index is 531. The predicted octanol–water partition coefficient (Wildman–Crippen LogP) is 3.53. The molecule has 0 spiro atoms. The van der Waals surface area contributed by atoms with Crippen molar-refractivity contribution in [1.82, 2.24) is 10.3 Å². The molecule has 0 bridgehead atoms. The fourth-order valence-electron chi connectivity index (χ4n) is 1.68. The second kappa shape index (κ2) is 7.26. The zero-order valence-electron chi connectivity index (χ0n) is 10.9. The van der Waals surface area contributed by atoms with Crippen molar-refractivity contribution in [2.24, 2.45) is 0 Å². The van der Waals surface area contributed by atoms with Crippen LogP contribution >= 0.6 is 15.9 Å². The molecule has 0 aliphatic heterocycles. The first-order chi connectivity index (χ1) is 9.28. The van der Waals surface area contributed by atoms with Crippen molar-refractivity contribution in [2.45, 2.75) is 20.1 Å².